The van der Waals surface area contributed by atoms with Crippen molar-refractivity contribution >= 4 is 29.3 Å². The smallest absolute Gasteiger partial charge is 0.246 e. The highest BCUT2D eigenvalue weighted by Gasteiger charge is 2.20. The summed E-state index contributed by atoms with van der Waals surface area (Å²) in [5.74, 6) is 1.16. The Kier molecular flexibility index (Phi) is 4.67. The van der Waals surface area contributed by atoms with Crippen molar-refractivity contribution in [2.75, 3.05) is 37.9 Å². The van der Waals surface area contributed by atoms with Gasteiger partial charge in [0.05, 0.1) is 5.02 Å². The van der Waals surface area contributed by atoms with Crippen LogP contribution in [0.3, 0.4) is 0 Å². The van der Waals surface area contributed by atoms with Gasteiger partial charge in [-0.25, -0.2) is 0 Å². The molecule has 0 unspecified atom stereocenters. The van der Waals surface area contributed by atoms with Gasteiger partial charge in [0.1, 0.15) is 0 Å². The summed E-state index contributed by atoms with van der Waals surface area (Å²) in [6.45, 7) is 3.16. The number of hydrogen-bond acceptors (Lipinski definition) is 5. The van der Waals surface area contributed by atoms with Gasteiger partial charge in [-0.3, -0.25) is 9.78 Å². The molecule has 0 aliphatic carbocycles. The van der Waals surface area contributed by atoms with Crippen LogP contribution in [-0.4, -0.2) is 48.8 Å². The number of carbonyl (C=O) groups is 1. The zero-order chi connectivity index (χ0) is 17.9. The van der Waals surface area contributed by atoms with Crippen molar-refractivity contribution in [3.05, 3.63) is 53.3 Å². The molecule has 0 bridgehead atoms. The van der Waals surface area contributed by atoms with E-state index >= 15 is 0 Å². The summed E-state index contributed by atoms with van der Waals surface area (Å²) < 4.78 is 10.6. The Morgan fingerprint density at radius 2 is 1.88 bits per heavy atom. The monoisotopic (exact) mass is 371 g/mol. The van der Waals surface area contributed by atoms with Crippen molar-refractivity contribution < 1.29 is 14.3 Å². The van der Waals surface area contributed by atoms with Gasteiger partial charge < -0.3 is 19.3 Å². The molecule has 4 rings (SSSR count). The van der Waals surface area contributed by atoms with Crippen molar-refractivity contribution in [3.8, 4) is 11.5 Å². The number of hydrogen-bond donors (Lipinski definition) is 0. The molecule has 0 radical (unpaired) electrons. The van der Waals surface area contributed by atoms with Gasteiger partial charge in [0.25, 0.3) is 0 Å². The molecular weight excluding hydrogens is 354 g/mol. The van der Waals surface area contributed by atoms with E-state index in [4.69, 9.17) is 21.1 Å². The van der Waals surface area contributed by atoms with E-state index in [9.17, 15) is 4.79 Å². The van der Waals surface area contributed by atoms with Gasteiger partial charge in [-0.15, -0.1) is 0 Å². The molecule has 3 heterocycles. The molecule has 1 aromatic carbocycles. The van der Waals surface area contributed by atoms with Crippen LogP contribution in [0.15, 0.2) is 42.7 Å². The number of ether oxygens (including phenoxy) is 2. The number of anilines is 1. The number of rotatable bonds is 3. The van der Waals surface area contributed by atoms with Gasteiger partial charge in [-0.1, -0.05) is 11.6 Å². The number of aromatic nitrogens is 1. The topological polar surface area (TPSA) is 54.9 Å². The maximum atomic E-state index is 12.5. The van der Waals surface area contributed by atoms with Crippen LogP contribution < -0.4 is 14.4 Å². The van der Waals surface area contributed by atoms with E-state index in [0.29, 0.717) is 29.6 Å². The number of piperazine rings is 1. The van der Waals surface area contributed by atoms with E-state index in [1.54, 1.807) is 30.6 Å². The zero-order valence-corrected chi connectivity index (χ0v) is 14.9. The van der Waals surface area contributed by atoms with Crippen LogP contribution in [0, 0.1) is 0 Å². The summed E-state index contributed by atoms with van der Waals surface area (Å²) in [4.78, 5) is 20.6. The highest BCUT2D eigenvalue weighted by Crippen LogP contribution is 2.40. The first-order chi connectivity index (χ1) is 12.7. The Balaban J connectivity index is 1.37. The molecule has 1 amide bonds. The second-order valence-electron chi connectivity index (χ2n) is 6.09. The molecule has 0 saturated carbocycles. The summed E-state index contributed by atoms with van der Waals surface area (Å²) in [5, 5.41) is 0.484. The second-order valence-corrected chi connectivity index (χ2v) is 6.49. The van der Waals surface area contributed by atoms with Crippen molar-refractivity contribution in [1.29, 1.82) is 0 Å². The van der Waals surface area contributed by atoms with Crippen LogP contribution in [0.1, 0.15) is 5.56 Å². The summed E-state index contributed by atoms with van der Waals surface area (Å²) in [5.41, 5.74) is 1.95. The standard InChI is InChI=1S/C19H18ClN3O3/c20-16-11-14(12-17-19(16)26-13-25-17)1-2-18(24)23-9-7-22(8-10-23)15-3-5-21-6-4-15/h1-6,11-12H,7-10,13H2/b2-1+. The molecule has 0 N–H and O–H groups in total. The first kappa shape index (κ1) is 16.7. The minimum Gasteiger partial charge on any atom is -0.454 e. The molecule has 1 aromatic heterocycles. The van der Waals surface area contributed by atoms with E-state index in [2.05, 4.69) is 9.88 Å². The van der Waals surface area contributed by atoms with Gasteiger partial charge in [0, 0.05) is 50.3 Å². The number of benzene rings is 1. The third-order valence-electron chi connectivity index (χ3n) is 4.49. The highest BCUT2D eigenvalue weighted by atomic mass is 35.5. The van der Waals surface area contributed by atoms with Crippen molar-refractivity contribution in [1.82, 2.24) is 9.88 Å². The maximum absolute atomic E-state index is 12.5. The molecule has 134 valence electrons. The Bertz CT molecular complexity index is 833. The van der Waals surface area contributed by atoms with Crippen LogP contribution in [-0.2, 0) is 4.79 Å². The lowest BCUT2D eigenvalue weighted by Crippen LogP contribution is -2.48. The Labute approximate surface area is 156 Å². The zero-order valence-electron chi connectivity index (χ0n) is 14.1. The minimum atomic E-state index is -0.00633. The summed E-state index contributed by atoms with van der Waals surface area (Å²) in [7, 11) is 0. The first-order valence-corrected chi connectivity index (χ1v) is 8.79. The van der Waals surface area contributed by atoms with Crippen molar-refractivity contribution in [2.24, 2.45) is 0 Å². The lowest BCUT2D eigenvalue weighted by molar-refractivity contribution is -0.126. The van der Waals surface area contributed by atoms with E-state index in [-0.39, 0.29) is 12.7 Å². The highest BCUT2D eigenvalue weighted by molar-refractivity contribution is 6.32. The largest absolute Gasteiger partial charge is 0.454 e. The van der Waals surface area contributed by atoms with Gasteiger partial charge in [-0.05, 0) is 35.9 Å². The molecular formula is C19H18ClN3O3. The third-order valence-corrected chi connectivity index (χ3v) is 4.77. The molecule has 0 spiro atoms. The van der Waals surface area contributed by atoms with Crippen LogP contribution in [0.4, 0.5) is 5.69 Å². The molecule has 7 heteroatoms. The number of fused-ring (bicyclic) bond motifs is 1. The predicted octanol–water partition coefficient (Wildman–Crippen LogP) is 2.83. The second kappa shape index (κ2) is 7.25. The number of halogens is 1. The van der Waals surface area contributed by atoms with Crippen LogP contribution >= 0.6 is 11.6 Å². The van der Waals surface area contributed by atoms with E-state index in [0.717, 1.165) is 24.3 Å². The molecule has 0 atom stereocenters. The summed E-state index contributed by atoms with van der Waals surface area (Å²) in [6.07, 6.45) is 6.90. The number of nitrogens with zero attached hydrogens (tertiary/aromatic N) is 3. The third kappa shape index (κ3) is 3.46. The van der Waals surface area contributed by atoms with Crippen molar-refractivity contribution in [3.63, 3.8) is 0 Å². The van der Waals surface area contributed by atoms with E-state index < -0.39 is 0 Å². The minimum absolute atomic E-state index is 0.00633. The first-order valence-electron chi connectivity index (χ1n) is 8.42. The Hall–Kier alpha value is -2.73. The van der Waals surface area contributed by atoms with E-state index in [1.165, 1.54) is 0 Å². The Morgan fingerprint density at radius 3 is 2.65 bits per heavy atom. The molecule has 2 aliphatic heterocycles. The van der Waals surface area contributed by atoms with Crippen LogP contribution in [0.25, 0.3) is 6.08 Å². The molecule has 26 heavy (non-hydrogen) atoms. The molecule has 2 aromatic rings. The van der Waals surface area contributed by atoms with Gasteiger partial charge in [0.2, 0.25) is 12.7 Å². The number of carbonyl (C=O) groups excluding carboxylic acids is 1. The lowest BCUT2D eigenvalue weighted by atomic mass is 10.2. The lowest BCUT2D eigenvalue weighted by Gasteiger charge is -2.35. The molecule has 6 nitrogen and oxygen atoms in total. The SMILES string of the molecule is O=C(/C=C/c1cc(Cl)c2c(c1)OCO2)N1CCN(c2ccncc2)CC1. The molecule has 1 fully saturated rings. The van der Waals surface area contributed by atoms with Gasteiger partial charge >= 0.3 is 0 Å². The van der Waals surface area contributed by atoms with Crippen molar-refractivity contribution in [2.45, 2.75) is 0 Å². The fourth-order valence-corrected chi connectivity index (χ4v) is 3.37. The van der Waals surface area contributed by atoms with Gasteiger partial charge in [-0.2, -0.15) is 0 Å². The fourth-order valence-electron chi connectivity index (χ4n) is 3.10. The molecule has 2 aliphatic rings. The predicted molar refractivity (Wildman–Crippen MR) is 99.6 cm³/mol. The normalized spacial score (nSPS) is 16.3. The number of pyridine rings is 1. The average Bonchev–Trinajstić information content (AvgIpc) is 3.16. The fraction of sp³-hybridized carbons (Fsp3) is 0.263. The maximum Gasteiger partial charge on any atom is 0.246 e. The summed E-state index contributed by atoms with van der Waals surface area (Å²) >= 11 is 6.17. The van der Waals surface area contributed by atoms with Crippen LogP contribution in [0.5, 0.6) is 11.5 Å². The quantitative estimate of drug-likeness (QED) is 0.776. The van der Waals surface area contributed by atoms with E-state index in [1.807, 2.05) is 23.1 Å². The Morgan fingerprint density at radius 1 is 1.12 bits per heavy atom. The van der Waals surface area contributed by atoms with Crippen LogP contribution in [0.2, 0.25) is 5.02 Å². The summed E-state index contributed by atoms with van der Waals surface area (Å²) in [6, 6.07) is 7.56. The molecule has 1 saturated heterocycles. The van der Waals surface area contributed by atoms with Gasteiger partial charge in [0.15, 0.2) is 11.5 Å². The average molecular weight is 372 g/mol. The number of amides is 1.